The van der Waals surface area contributed by atoms with Crippen LogP contribution < -0.4 is 15.8 Å². The predicted octanol–water partition coefficient (Wildman–Crippen LogP) is 3.60. The van der Waals surface area contributed by atoms with Crippen LogP contribution in [0.2, 0.25) is 0 Å². The molecule has 7 nitrogen and oxygen atoms in total. The molecule has 0 saturated heterocycles. The van der Waals surface area contributed by atoms with Crippen LogP contribution >= 0.6 is 0 Å². The number of nitrogens with two attached hydrogens (primary N) is 1. The summed E-state index contributed by atoms with van der Waals surface area (Å²) < 4.78 is 11.2. The molecule has 0 spiro atoms. The molecule has 1 aromatic heterocycles. The van der Waals surface area contributed by atoms with Gasteiger partial charge in [0.15, 0.2) is 0 Å². The smallest absolute Gasteiger partial charge is 0.258 e. The number of hydrogen-bond donors (Lipinski definition) is 2. The van der Waals surface area contributed by atoms with Crippen LogP contribution in [0.1, 0.15) is 43.0 Å². The second kappa shape index (κ2) is 8.66. The normalized spacial score (nSPS) is 15.2. The van der Waals surface area contributed by atoms with Crippen molar-refractivity contribution in [3.05, 3.63) is 53.1 Å². The van der Waals surface area contributed by atoms with Gasteiger partial charge in [-0.15, -0.1) is 0 Å². The highest BCUT2D eigenvalue weighted by Gasteiger charge is 2.26. The zero-order valence-corrected chi connectivity index (χ0v) is 17.2. The molecule has 1 heterocycles. The molecule has 1 unspecified atom stereocenters. The molecular weight excluding hydrogens is 378 g/mol. The van der Waals surface area contributed by atoms with Crippen LogP contribution in [0, 0.1) is 11.3 Å². The largest absolute Gasteiger partial charge is 0.490 e. The standard InChI is InChI=1S/C23H25N5O2/c1-14(2)29-21-9-6-15(12-16(21)13-25)23-27-22(28-30-23)19-5-3-4-18-17(19)7-8-20(18)26-11-10-24/h3-6,9,12,14,20,26H,7-8,10-11,24H2,1-2H3. The Labute approximate surface area is 175 Å². The second-order valence-corrected chi connectivity index (χ2v) is 7.62. The maximum absolute atomic E-state index is 9.47. The summed E-state index contributed by atoms with van der Waals surface area (Å²) in [5.74, 6) is 1.49. The molecule has 0 radical (unpaired) electrons. The van der Waals surface area contributed by atoms with Gasteiger partial charge in [-0.3, -0.25) is 0 Å². The number of nitriles is 1. The van der Waals surface area contributed by atoms with Gasteiger partial charge in [-0.25, -0.2) is 0 Å². The predicted molar refractivity (Wildman–Crippen MR) is 114 cm³/mol. The third kappa shape index (κ3) is 3.92. The average molecular weight is 403 g/mol. The third-order valence-electron chi connectivity index (χ3n) is 5.18. The van der Waals surface area contributed by atoms with Crippen molar-refractivity contribution in [1.29, 1.82) is 5.26 Å². The van der Waals surface area contributed by atoms with Crippen molar-refractivity contribution < 1.29 is 9.26 Å². The molecule has 2 aromatic carbocycles. The molecule has 0 saturated carbocycles. The topological polar surface area (TPSA) is 110 Å². The summed E-state index contributed by atoms with van der Waals surface area (Å²) in [5, 5.41) is 17.2. The van der Waals surface area contributed by atoms with Gasteiger partial charge in [-0.2, -0.15) is 10.2 Å². The van der Waals surface area contributed by atoms with Gasteiger partial charge in [0.2, 0.25) is 5.82 Å². The van der Waals surface area contributed by atoms with Gasteiger partial charge >= 0.3 is 0 Å². The lowest BCUT2D eigenvalue weighted by Crippen LogP contribution is -2.25. The van der Waals surface area contributed by atoms with Gasteiger partial charge in [0.05, 0.1) is 11.7 Å². The van der Waals surface area contributed by atoms with Gasteiger partial charge in [0.1, 0.15) is 11.8 Å². The Morgan fingerprint density at radius 2 is 2.20 bits per heavy atom. The quantitative estimate of drug-likeness (QED) is 0.620. The summed E-state index contributed by atoms with van der Waals surface area (Å²) in [5.41, 5.74) is 10.3. The zero-order valence-electron chi connectivity index (χ0n) is 17.2. The van der Waals surface area contributed by atoms with E-state index >= 15 is 0 Å². The van der Waals surface area contributed by atoms with E-state index in [4.69, 9.17) is 15.0 Å². The molecule has 0 bridgehead atoms. The molecule has 3 N–H and O–H groups in total. The van der Waals surface area contributed by atoms with E-state index in [1.807, 2.05) is 32.0 Å². The lowest BCUT2D eigenvalue weighted by molar-refractivity contribution is 0.242. The first-order valence-corrected chi connectivity index (χ1v) is 10.2. The van der Waals surface area contributed by atoms with Crippen molar-refractivity contribution >= 4 is 0 Å². The van der Waals surface area contributed by atoms with Gasteiger partial charge < -0.3 is 20.3 Å². The Balaban J connectivity index is 1.63. The Kier molecular flexibility index (Phi) is 5.79. The van der Waals surface area contributed by atoms with Crippen molar-refractivity contribution in [3.63, 3.8) is 0 Å². The number of benzene rings is 2. The fourth-order valence-corrected chi connectivity index (χ4v) is 3.89. The minimum absolute atomic E-state index is 0.0127. The fourth-order valence-electron chi connectivity index (χ4n) is 3.89. The molecular formula is C23H25N5O2. The van der Waals surface area contributed by atoms with Gasteiger partial charge in [-0.1, -0.05) is 23.4 Å². The summed E-state index contributed by atoms with van der Waals surface area (Å²) in [6, 6.07) is 14.0. The summed E-state index contributed by atoms with van der Waals surface area (Å²) in [6.45, 7) is 5.26. The second-order valence-electron chi connectivity index (χ2n) is 7.62. The number of ether oxygens (including phenoxy) is 1. The van der Waals surface area contributed by atoms with E-state index in [9.17, 15) is 5.26 Å². The van der Waals surface area contributed by atoms with Gasteiger partial charge in [0, 0.05) is 30.3 Å². The minimum atomic E-state index is -0.0127. The number of fused-ring (bicyclic) bond motifs is 1. The third-order valence-corrected chi connectivity index (χ3v) is 5.18. The summed E-state index contributed by atoms with van der Waals surface area (Å²) >= 11 is 0. The molecule has 0 aliphatic heterocycles. The molecule has 1 aliphatic rings. The number of aromatic nitrogens is 2. The first kappa shape index (κ1) is 20.1. The van der Waals surface area contributed by atoms with Crippen molar-refractivity contribution in [3.8, 4) is 34.7 Å². The Bertz CT molecular complexity index is 1080. The van der Waals surface area contributed by atoms with Gasteiger partial charge in [0.25, 0.3) is 5.89 Å². The molecule has 30 heavy (non-hydrogen) atoms. The number of nitrogens with zero attached hydrogens (tertiary/aromatic N) is 3. The van der Waals surface area contributed by atoms with Crippen LogP contribution in [-0.4, -0.2) is 29.3 Å². The van der Waals surface area contributed by atoms with E-state index in [1.54, 1.807) is 12.1 Å². The van der Waals surface area contributed by atoms with E-state index in [0.29, 0.717) is 41.2 Å². The number of rotatable bonds is 7. The first-order chi connectivity index (χ1) is 14.6. The van der Waals surface area contributed by atoms with E-state index < -0.39 is 0 Å². The zero-order chi connectivity index (χ0) is 21.1. The molecule has 4 rings (SSSR count). The van der Waals surface area contributed by atoms with Crippen LogP contribution in [0.4, 0.5) is 0 Å². The summed E-state index contributed by atoms with van der Waals surface area (Å²) in [7, 11) is 0. The van der Waals surface area contributed by atoms with Crippen LogP contribution in [-0.2, 0) is 6.42 Å². The maximum Gasteiger partial charge on any atom is 0.258 e. The Morgan fingerprint density at radius 3 is 2.97 bits per heavy atom. The SMILES string of the molecule is CC(C)Oc1ccc(-c2nc(-c3cccc4c3CCC4NCCN)no2)cc1C#N. The van der Waals surface area contributed by atoms with E-state index in [0.717, 1.165) is 24.9 Å². The highest BCUT2D eigenvalue weighted by molar-refractivity contribution is 5.67. The average Bonchev–Trinajstić information content (AvgIpc) is 3.39. The molecule has 3 aromatic rings. The maximum atomic E-state index is 9.47. The lowest BCUT2D eigenvalue weighted by Gasteiger charge is -2.13. The fraction of sp³-hybridized carbons (Fsp3) is 0.348. The van der Waals surface area contributed by atoms with Crippen molar-refractivity contribution in [2.24, 2.45) is 5.73 Å². The van der Waals surface area contributed by atoms with E-state index in [2.05, 4.69) is 27.6 Å². The summed E-state index contributed by atoms with van der Waals surface area (Å²) in [4.78, 5) is 4.61. The Morgan fingerprint density at radius 1 is 1.33 bits per heavy atom. The van der Waals surface area contributed by atoms with E-state index in [1.165, 1.54) is 11.1 Å². The molecule has 0 fully saturated rings. The van der Waals surface area contributed by atoms with Crippen LogP contribution in [0.5, 0.6) is 5.75 Å². The highest BCUT2D eigenvalue weighted by Crippen LogP contribution is 2.37. The number of nitrogens with one attached hydrogen (secondary N) is 1. The molecule has 1 aliphatic carbocycles. The minimum Gasteiger partial charge on any atom is -0.490 e. The monoisotopic (exact) mass is 403 g/mol. The Hall–Kier alpha value is -3.21. The number of hydrogen-bond acceptors (Lipinski definition) is 7. The molecule has 7 heteroatoms. The van der Waals surface area contributed by atoms with Crippen molar-refractivity contribution in [1.82, 2.24) is 15.5 Å². The summed E-state index contributed by atoms with van der Waals surface area (Å²) in [6.07, 6.45) is 1.97. The highest BCUT2D eigenvalue weighted by atomic mass is 16.5. The van der Waals surface area contributed by atoms with Gasteiger partial charge in [-0.05, 0) is 56.0 Å². The van der Waals surface area contributed by atoms with Crippen LogP contribution in [0.3, 0.4) is 0 Å². The lowest BCUT2D eigenvalue weighted by atomic mass is 10.0. The first-order valence-electron chi connectivity index (χ1n) is 10.2. The molecule has 0 amide bonds. The van der Waals surface area contributed by atoms with Crippen molar-refractivity contribution in [2.45, 2.75) is 38.8 Å². The van der Waals surface area contributed by atoms with E-state index in [-0.39, 0.29) is 6.10 Å². The van der Waals surface area contributed by atoms with Crippen molar-refractivity contribution in [2.75, 3.05) is 13.1 Å². The molecule has 1 atom stereocenters. The molecule has 154 valence electrons. The van der Waals surface area contributed by atoms with Crippen LogP contribution in [0.15, 0.2) is 40.9 Å². The van der Waals surface area contributed by atoms with Crippen LogP contribution in [0.25, 0.3) is 22.8 Å².